The van der Waals surface area contributed by atoms with Gasteiger partial charge in [0.05, 0.1) is 17.2 Å². The van der Waals surface area contributed by atoms with Crippen LogP contribution in [0.5, 0.6) is 5.75 Å². The maximum absolute atomic E-state index is 13.9. The quantitative estimate of drug-likeness (QED) is 0.162. The van der Waals surface area contributed by atoms with Crippen LogP contribution in [-0.2, 0) is 6.42 Å². The van der Waals surface area contributed by atoms with E-state index in [4.69, 9.17) is 10.00 Å². The Bertz CT molecular complexity index is 966. The van der Waals surface area contributed by atoms with Crippen molar-refractivity contribution in [2.24, 2.45) is 11.8 Å². The Labute approximate surface area is 197 Å². The number of allylic oxidation sites excluding steroid dienone is 2. The minimum absolute atomic E-state index is 0.178. The monoisotopic (exact) mass is 447 g/mol. The summed E-state index contributed by atoms with van der Waals surface area (Å²) in [5, 5.41) is 8.80. The van der Waals surface area contributed by atoms with Crippen molar-refractivity contribution in [1.29, 1.82) is 5.26 Å². The first-order chi connectivity index (χ1) is 16.1. The molecule has 1 aliphatic rings. The normalized spacial score (nSPS) is 18.2. The average Bonchev–Trinajstić information content (AvgIpc) is 2.84. The molecule has 0 aromatic heterocycles. The fourth-order valence-corrected chi connectivity index (χ4v) is 4.51. The van der Waals surface area contributed by atoms with Gasteiger partial charge in [0.15, 0.2) is 11.6 Å². The van der Waals surface area contributed by atoms with E-state index in [-0.39, 0.29) is 11.3 Å². The van der Waals surface area contributed by atoms with Gasteiger partial charge in [0.2, 0.25) is 0 Å². The van der Waals surface area contributed by atoms with Crippen molar-refractivity contribution in [1.82, 2.24) is 0 Å². The Hall–Kier alpha value is -2.93. The van der Waals surface area contributed by atoms with Gasteiger partial charge in [-0.3, -0.25) is 0 Å². The van der Waals surface area contributed by atoms with Crippen LogP contribution >= 0.6 is 0 Å². The molecular weight excluding hydrogens is 413 g/mol. The summed E-state index contributed by atoms with van der Waals surface area (Å²) in [5.74, 6) is 0.154. The molecule has 0 atom stereocenters. The zero-order valence-corrected chi connectivity index (χ0v) is 19.6. The van der Waals surface area contributed by atoms with Crippen molar-refractivity contribution in [3.05, 3.63) is 77.1 Å². The van der Waals surface area contributed by atoms with Crippen LogP contribution in [0.25, 0.3) is 0 Å². The van der Waals surface area contributed by atoms with Crippen molar-refractivity contribution in [2.45, 2.75) is 71.1 Å². The number of benzene rings is 2. The lowest BCUT2D eigenvalue weighted by Gasteiger charge is -2.26. The van der Waals surface area contributed by atoms with Gasteiger partial charge in [-0.15, -0.1) is 0 Å². The van der Waals surface area contributed by atoms with Gasteiger partial charge >= 0.3 is 5.97 Å². The highest BCUT2D eigenvalue weighted by Gasteiger charge is 2.18. The number of esters is 1. The number of nitrogens with zero attached hydrogens (tertiary/aromatic N) is 1. The summed E-state index contributed by atoms with van der Waals surface area (Å²) in [5.41, 5.74) is 1.70. The van der Waals surface area contributed by atoms with Crippen LogP contribution < -0.4 is 4.74 Å². The molecule has 174 valence electrons. The number of halogens is 1. The predicted molar refractivity (Wildman–Crippen MR) is 130 cm³/mol. The largest absolute Gasteiger partial charge is 0.420 e. The number of aryl methyl sites for hydroxylation is 1. The number of ether oxygens (including phenoxy) is 1. The third kappa shape index (κ3) is 7.86. The van der Waals surface area contributed by atoms with Gasteiger partial charge in [-0.2, -0.15) is 5.26 Å². The Balaban J connectivity index is 1.40. The molecule has 0 heterocycles. The van der Waals surface area contributed by atoms with Crippen LogP contribution in [0.2, 0.25) is 0 Å². The number of hydrogen-bond donors (Lipinski definition) is 0. The molecule has 33 heavy (non-hydrogen) atoms. The summed E-state index contributed by atoms with van der Waals surface area (Å²) in [6.45, 7) is 2.27. The van der Waals surface area contributed by atoms with E-state index in [2.05, 4.69) is 19.1 Å². The lowest BCUT2D eigenvalue weighted by molar-refractivity contribution is 0.0728. The van der Waals surface area contributed by atoms with Crippen molar-refractivity contribution in [2.75, 3.05) is 0 Å². The standard InChI is InChI=1S/C29H34FNO2/c1-2-3-4-7-22-10-12-23(13-11-22)8-5-6-9-24-14-17-26(18-15-24)29(32)33-28-19-16-25(21-31)20-27(28)30/h5,8,14-20,22-23H,2-4,6-7,9-13H2,1H3/b8-5+. The molecule has 3 rings (SSSR count). The molecule has 1 aliphatic carbocycles. The highest BCUT2D eigenvalue weighted by molar-refractivity contribution is 5.91. The van der Waals surface area contributed by atoms with Gasteiger partial charge in [-0.25, -0.2) is 9.18 Å². The molecule has 0 N–H and O–H groups in total. The first-order valence-corrected chi connectivity index (χ1v) is 12.3. The van der Waals surface area contributed by atoms with E-state index in [0.29, 0.717) is 5.56 Å². The van der Waals surface area contributed by atoms with Crippen molar-refractivity contribution < 1.29 is 13.9 Å². The second kappa shape index (κ2) is 12.9. The van der Waals surface area contributed by atoms with Gasteiger partial charge in [-0.05, 0) is 86.3 Å². The predicted octanol–water partition coefficient (Wildman–Crippen LogP) is 7.79. The first-order valence-electron chi connectivity index (χ1n) is 12.3. The van der Waals surface area contributed by atoms with Crippen LogP contribution in [0, 0.1) is 29.0 Å². The summed E-state index contributed by atoms with van der Waals surface area (Å²) < 4.78 is 19.1. The number of unbranched alkanes of at least 4 members (excludes halogenated alkanes) is 2. The van der Waals surface area contributed by atoms with E-state index in [1.807, 2.05) is 18.2 Å². The van der Waals surface area contributed by atoms with Gasteiger partial charge in [0.1, 0.15) is 0 Å². The number of rotatable bonds is 10. The van der Waals surface area contributed by atoms with Crippen LogP contribution in [-0.4, -0.2) is 5.97 Å². The summed E-state index contributed by atoms with van der Waals surface area (Å²) in [4.78, 5) is 12.3. The molecule has 0 unspecified atom stereocenters. The van der Waals surface area contributed by atoms with E-state index in [9.17, 15) is 9.18 Å². The maximum atomic E-state index is 13.9. The first kappa shape index (κ1) is 24.7. The molecule has 0 radical (unpaired) electrons. The molecule has 2 aromatic carbocycles. The molecule has 1 saturated carbocycles. The Morgan fingerprint density at radius 2 is 1.88 bits per heavy atom. The lowest BCUT2D eigenvalue weighted by Crippen LogP contribution is -2.13. The van der Waals surface area contributed by atoms with Gasteiger partial charge in [0, 0.05) is 0 Å². The summed E-state index contributed by atoms with van der Waals surface area (Å²) >= 11 is 0. The summed E-state index contributed by atoms with van der Waals surface area (Å²) in [6, 6.07) is 12.9. The maximum Gasteiger partial charge on any atom is 0.343 e. The van der Waals surface area contributed by atoms with Crippen LogP contribution in [0.15, 0.2) is 54.6 Å². The van der Waals surface area contributed by atoms with Gasteiger partial charge < -0.3 is 4.74 Å². The average molecular weight is 448 g/mol. The second-order valence-electron chi connectivity index (χ2n) is 9.09. The molecular formula is C29H34FNO2. The number of carbonyl (C=O) groups excluding carboxylic acids is 1. The van der Waals surface area contributed by atoms with E-state index in [0.717, 1.165) is 36.3 Å². The minimum Gasteiger partial charge on any atom is -0.420 e. The molecule has 3 nitrogen and oxygen atoms in total. The molecule has 0 aliphatic heterocycles. The highest BCUT2D eigenvalue weighted by atomic mass is 19.1. The van der Waals surface area contributed by atoms with Crippen molar-refractivity contribution >= 4 is 5.97 Å². The topological polar surface area (TPSA) is 50.1 Å². The smallest absolute Gasteiger partial charge is 0.343 e. The number of hydrogen-bond acceptors (Lipinski definition) is 3. The Kier molecular flexibility index (Phi) is 9.69. The fourth-order valence-electron chi connectivity index (χ4n) is 4.51. The molecule has 0 bridgehead atoms. The van der Waals surface area contributed by atoms with Crippen LogP contribution in [0.1, 0.15) is 86.2 Å². The lowest BCUT2D eigenvalue weighted by atomic mass is 9.79. The molecule has 4 heteroatoms. The highest BCUT2D eigenvalue weighted by Crippen LogP contribution is 2.32. The van der Waals surface area contributed by atoms with E-state index in [1.165, 1.54) is 63.5 Å². The summed E-state index contributed by atoms with van der Waals surface area (Å²) in [6.07, 6.45) is 17.5. The molecule has 1 fully saturated rings. The van der Waals surface area contributed by atoms with Gasteiger partial charge in [-0.1, -0.05) is 56.9 Å². The molecule has 0 saturated heterocycles. The van der Waals surface area contributed by atoms with E-state index < -0.39 is 11.8 Å². The van der Waals surface area contributed by atoms with E-state index in [1.54, 1.807) is 12.1 Å². The zero-order valence-electron chi connectivity index (χ0n) is 19.6. The molecule has 2 aromatic rings. The van der Waals surface area contributed by atoms with Crippen molar-refractivity contribution in [3.63, 3.8) is 0 Å². The number of nitriles is 1. The molecule has 0 spiro atoms. The van der Waals surface area contributed by atoms with Crippen molar-refractivity contribution in [3.8, 4) is 11.8 Å². The minimum atomic E-state index is -0.726. The zero-order chi connectivity index (χ0) is 23.5. The Morgan fingerprint density at radius 1 is 1.12 bits per heavy atom. The Morgan fingerprint density at radius 3 is 2.55 bits per heavy atom. The number of carbonyl (C=O) groups is 1. The molecule has 0 amide bonds. The van der Waals surface area contributed by atoms with E-state index >= 15 is 0 Å². The van der Waals surface area contributed by atoms with Crippen LogP contribution in [0.3, 0.4) is 0 Å². The van der Waals surface area contributed by atoms with Gasteiger partial charge in [0.25, 0.3) is 0 Å². The summed E-state index contributed by atoms with van der Waals surface area (Å²) in [7, 11) is 0. The second-order valence-corrected chi connectivity index (χ2v) is 9.09. The SMILES string of the molecule is CCCCCC1CCC(/C=C/CCc2ccc(C(=O)Oc3ccc(C#N)cc3F)cc2)CC1. The third-order valence-corrected chi connectivity index (χ3v) is 6.57. The third-order valence-electron chi connectivity index (χ3n) is 6.57. The van der Waals surface area contributed by atoms with Crippen LogP contribution in [0.4, 0.5) is 4.39 Å². The fraction of sp³-hybridized carbons (Fsp3) is 0.448.